The van der Waals surface area contributed by atoms with Crippen LogP contribution in [0.15, 0.2) is 24.3 Å². The van der Waals surface area contributed by atoms with Crippen molar-refractivity contribution in [3.63, 3.8) is 0 Å². The van der Waals surface area contributed by atoms with Crippen LogP contribution in [0.1, 0.15) is 66.9 Å². The number of amides is 1. The third kappa shape index (κ3) is 4.81. The number of hydrogen-bond acceptors (Lipinski definition) is 5. The third-order valence-corrected chi connectivity index (χ3v) is 6.41. The Morgan fingerprint density at radius 2 is 1.76 bits per heavy atom. The summed E-state index contributed by atoms with van der Waals surface area (Å²) < 4.78 is 10.8. The van der Waals surface area contributed by atoms with E-state index in [2.05, 4.69) is 26.1 Å². The molecule has 1 aliphatic rings. The number of hydrogen-bond donors (Lipinski definition) is 1. The number of ether oxygens (including phenoxy) is 2. The van der Waals surface area contributed by atoms with Crippen LogP contribution in [0.3, 0.4) is 0 Å². The van der Waals surface area contributed by atoms with E-state index in [0.29, 0.717) is 16.3 Å². The second-order valence-corrected chi connectivity index (χ2v) is 9.54. The van der Waals surface area contributed by atoms with Crippen molar-refractivity contribution in [1.82, 2.24) is 0 Å². The normalized spacial score (nSPS) is 14.7. The number of esters is 1. The van der Waals surface area contributed by atoms with Crippen LogP contribution in [0.5, 0.6) is 5.75 Å². The quantitative estimate of drug-likeness (QED) is 0.689. The lowest BCUT2D eigenvalue weighted by Gasteiger charge is -2.20. The van der Waals surface area contributed by atoms with Gasteiger partial charge in [-0.2, -0.15) is 0 Å². The Labute approximate surface area is 176 Å². The van der Waals surface area contributed by atoms with E-state index >= 15 is 0 Å². The van der Waals surface area contributed by atoms with Crippen molar-refractivity contribution >= 4 is 28.2 Å². The molecule has 1 heterocycles. The summed E-state index contributed by atoms with van der Waals surface area (Å²) in [4.78, 5) is 26.2. The number of aryl methyl sites for hydroxylation is 1. The molecule has 1 aliphatic carbocycles. The van der Waals surface area contributed by atoms with Crippen LogP contribution in [-0.2, 0) is 27.8 Å². The van der Waals surface area contributed by atoms with Gasteiger partial charge >= 0.3 is 5.97 Å². The summed E-state index contributed by atoms with van der Waals surface area (Å²) in [6.45, 7) is 8.16. The number of methoxy groups -OCH3 is 1. The summed E-state index contributed by atoms with van der Waals surface area (Å²) in [6.07, 6.45) is 3.24. The maximum absolute atomic E-state index is 12.7. The van der Waals surface area contributed by atoms with Crippen LogP contribution < -0.4 is 10.1 Å². The number of carbonyl (C=O) groups is 2. The minimum absolute atomic E-state index is 0.0596. The molecule has 2 aromatic rings. The minimum Gasteiger partial charge on any atom is -0.481 e. The van der Waals surface area contributed by atoms with Crippen LogP contribution in [0.25, 0.3) is 0 Å². The maximum Gasteiger partial charge on any atom is 0.341 e. The topological polar surface area (TPSA) is 64.6 Å². The Morgan fingerprint density at radius 1 is 1.10 bits per heavy atom. The maximum atomic E-state index is 12.7. The van der Waals surface area contributed by atoms with Crippen molar-refractivity contribution in [2.24, 2.45) is 0 Å². The number of rotatable bonds is 5. The highest BCUT2D eigenvalue weighted by Gasteiger charge is 2.28. The highest BCUT2D eigenvalue weighted by molar-refractivity contribution is 7.17. The zero-order chi connectivity index (χ0) is 21.2. The molecule has 29 heavy (non-hydrogen) atoms. The van der Waals surface area contributed by atoms with Gasteiger partial charge < -0.3 is 14.8 Å². The predicted molar refractivity (Wildman–Crippen MR) is 116 cm³/mol. The van der Waals surface area contributed by atoms with Crippen LogP contribution in [0.2, 0.25) is 0 Å². The van der Waals surface area contributed by atoms with Gasteiger partial charge in [-0.25, -0.2) is 4.79 Å². The van der Waals surface area contributed by atoms with Gasteiger partial charge in [-0.05, 0) is 61.3 Å². The van der Waals surface area contributed by atoms with Crippen LogP contribution in [-0.4, -0.2) is 25.1 Å². The molecular formula is C23H29NO4S. The summed E-state index contributed by atoms with van der Waals surface area (Å²) in [5.41, 5.74) is 2.79. The van der Waals surface area contributed by atoms with Gasteiger partial charge in [-0.1, -0.05) is 32.9 Å². The zero-order valence-corrected chi connectivity index (χ0v) is 18.6. The first kappa shape index (κ1) is 21.4. The molecule has 1 unspecified atom stereocenters. The van der Waals surface area contributed by atoms with E-state index in [1.54, 1.807) is 6.92 Å². The second kappa shape index (κ2) is 8.57. The summed E-state index contributed by atoms with van der Waals surface area (Å²) in [5, 5.41) is 3.45. The van der Waals surface area contributed by atoms with Gasteiger partial charge in [0.2, 0.25) is 0 Å². The van der Waals surface area contributed by atoms with E-state index in [9.17, 15) is 9.59 Å². The molecule has 0 saturated heterocycles. The number of anilines is 1. The fourth-order valence-electron chi connectivity index (χ4n) is 3.48. The molecule has 1 aromatic heterocycles. The fourth-order valence-corrected chi connectivity index (χ4v) is 4.76. The molecule has 0 bridgehead atoms. The first-order valence-electron chi connectivity index (χ1n) is 10.0. The Hall–Kier alpha value is -2.34. The van der Waals surface area contributed by atoms with Gasteiger partial charge in [0.25, 0.3) is 5.91 Å². The minimum atomic E-state index is -0.694. The molecule has 0 saturated carbocycles. The van der Waals surface area contributed by atoms with Gasteiger partial charge in [-0.3, -0.25) is 4.79 Å². The monoisotopic (exact) mass is 415 g/mol. The average Bonchev–Trinajstić information content (AvgIpc) is 3.04. The molecule has 1 aromatic carbocycles. The Bertz CT molecular complexity index is 893. The summed E-state index contributed by atoms with van der Waals surface area (Å²) >= 11 is 1.47. The van der Waals surface area contributed by atoms with Crippen LogP contribution in [0.4, 0.5) is 5.00 Å². The van der Waals surface area contributed by atoms with Crippen molar-refractivity contribution in [3.05, 3.63) is 45.8 Å². The van der Waals surface area contributed by atoms with Gasteiger partial charge in [0, 0.05) is 4.88 Å². The number of nitrogens with one attached hydrogen (secondary N) is 1. The largest absolute Gasteiger partial charge is 0.481 e. The van der Waals surface area contributed by atoms with E-state index < -0.39 is 12.1 Å². The summed E-state index contributed by atoms with van der Waals surface area (Å²) in [7, 11) is 1.37. The standard InChI is InChI=1S/C23H29NO4S/c1-14(28-16-12-10-15(11-13-16)23(2,3)4)20(25)24-21-19(22(26)27-5)17-8-6-7-9-18(17)29-21/h10-14H,6-9H2,1-5H3,(H,24,25). The molecular weight excluding hydrogens is 386 g/mol. The molecule has 5 nitrogen and oxygen atoms in total. The molecule has 1 atom stereocenters. The SMILES string of the molecule is COC(=O)c1c(NC(=O)C(C)Oc2ccc(C(C)(C)C)cc2)sc2c1CCCC2. The van der Waals surface area contributed by atoms with Gasteiger partial charge in [0.15, 0.2) is 6.10 Å². The summed E-state index contributed by atoms with van der Waals surface area (Å²) in [5.74, 6) is -0.0426. The summed E-state index contributed by atoms with van der Waals surface area (Å²) in [6, 6.07) is 7.80. The number of benzene rings is 1. The van der Waals surface area contributed by atoms with Crippen molar-refractivity contribution in [2.45, 2.75) is 64.9 Å². The highest BCUT2D eigenvalue weighted by atomic mass is 32.1. The molecule has 0 fully saturated rings. The lowest BCUT2D eigenvalue weighted by molar-refractivity contribution is -0.122. The zero-order valence-electron chi connectivity index (χ0n) is 17.8. The van der Waals surface area contributed by atoms with E-state index in [1.807, 2.05) is 24.3 Å². The smallest absolute Gasteiger partial charge is 0.341 e. The van der Waals surface area contributed by atoms with Gasteiger partial charge in [0.05, 0.1) is 12.7 Å². The lowest BCUT2D eigenvalue weighted by Crippen LogP contribution is -2.30. The average molecular weight is 416 g/mol. The molecule has 0 aliphatic heterocycles. The Balaban J connectivity index is 1.73. The van der Waals surface area contributed by atoms with Crippen molar-refractivity contribution in [2.75, 3.05) is 12.4 Å². The number of carbonyl (C=O) groups excluding carboxylic acids is 2. The van der Waals surface area contributed by atoms with Crippen molar-refractivity contribution in [1.29, 1.82) is 0 Å². The number of thiophene rings is 1. The molecule has 3 rings (SSSR count). The number of fused-ring (bicyclic) bond motifs is 1. The van der Waals surface area contributed by atoms with E-state index in [-0.39, 0.29) is 11.3 Å². The third-order valence-electron chi connectivity index (χ3n) is 5.20. The van der Waals surface area contributed by atoms with E-state index in [0.717, 1.165) is 31.2 Å². The first-order valence-corrected chi connectivity index (χ1v) is 10.8. The van der Waals surface area contributed by atoms with E-state index in [1.165, 1.54) is 28.9 Å². The van der Waals surface area contributed by atoms with Gasteiger partial charge in [-0.15, -0.1) is 11.3 Å². The molecule has 1 N–H and O–H groups in total. The first-order chi connectivity index (χ1) is 13.7. The highest BCUT2D eigenvalue weighted by Crippen LogP contribution is 2.38. The second-order valence-electron chi connectivity index (χ2n) is 8.43. The molecule has 1 amide bonds. The molecule has 0 radical (unpaired) electrons. The Morgan fingerprint density at radius 3 is 2.38 bits per heavy atom. The van der Waals surface area contributed by atoms with Crippen molar-refractivity contribution in [3.8, 4) is 5.75 Å². The lowest BCUT2D eigenvalue weighted by atomic mass is 9.87. The molecule has 156 valence electrons. The molecule has 6 heteroatoms. The van der Waals surface area contributed by atoms with Crippen LogP contribution >= 0.6 is 11.3 Å². The Kier molecular flexibility index (Phi) is 6.32. The predicted octanol–water partition coefficient (Wildman–Crippen LogP) is 5.12. The molecule has 0 spiro atoms. The van der Waals surface area contributed by atoms with Crippen LogP contribution in [0, 0.1) is 0 Å². The van der Waals surface area contributed by atoms with Gasteiger partial charge in [0.1, 0.15) is 10.8 Å². The van der Waals surface area contributed by atoms with Crippen molar-refractivity contribution < 1.29 is 19.1 Å². The fraction of sp³-hybridized carbons (Fsp3) is 0.478. The van der Waals surface area contributed by atoms with E-state index in [4.69, 9.17) is 9.47 Å².